The molecule has 0 amide bonds. The van der Waals surface area contributed by atoms with Crippen molar-refractivity contribution in [2.75, 3.05) is 0 Å². The highest BCUT2D eigenvalue weighted by Gasteiger charge is 2.32. The molecule has 0 N–H and O–H groups in total. The summed E-state index contributed by atoms with van der Waals surface area (Å²) in [4.78, 5) is 0. The summed E-state index contributed by atoms with van der Waals surface area (Å²) in [6, 6.07) is 1.69. The van der Waals surface area contributed by atoms with Crippen LogP contribution in [0.25, 0.3) is 0 Å². The highest BCUT2D eigenvalue weighted by atomic mass is 35.5. The Balaban J connectivity index is 3.06. The minimum absolute atomic E-state index is 0.0796. The Kier molecular flexibility index (Phi) is 2.89. The molecule has 0 aliphatic rings. The van der Waals surface area contributed by atoms with E-state index in [0.29, 0.717) is 0 Å². The van der Waals surface area contributed by atoms with E-state index in [0.717, 1.165) is 12.1 Å². The van der Waals surface area contributed by atoms with Gasteiger partial charge in [0.05, 0.1) is 5.02 Å². The van der Waals surface area contributed by atoms with Crippen molar-refractivity contribution < 1.29 is 22.3 Å². The van der Waals surface area contributed by atoms with Gasteiger partial charge in [0.2, 0.25) is 0 Å². The van der Waals surface area contributed by atoms with E-state index in [1.54, 1.807) is 0 Å². The second-order valence-corrected chi connectivity index (χ2v) is 2.91. The van der Waals surface area contributed by atoms with Crippen molar-refractivity contribution in [3.8, 4) is 5.75 Å². The van der Waals surface area contributed by atoms with Gasteiger partial charge in [0.25, 0.3) is 0 Å². The van der Waals surface area contributed by atoms with Gasteiger partial charge in [-0.1, -0.05) is 11.6 Å². The smallest absolute Gasteiger partial charge is 0.405 e. The molecule has 0 unspecified atom stereocenters. The number of ether oxygens (including phenoxy) is 1. The Morgan fingerprint density at radius 2 is 1.86 bits per heavy atom. The Hall–Kier alpha value is -0.970. The molecule has 78 valence electrons. The molecule has 1 aromatic rings. The minimum Gasteiger partial charge on any atom is -0.405 e. The molecular weight excluding hydrogens is 224 g/mol. The van der Waals surface area contributed by atoms with Gasteiger partial charge < -0.3 is 4.74 Å². The number of halogens is 5. The van der Waals surface area contributed by atoms with Crippen molar-refractivity contribution in [2.24, 2.45) is 0 Å². The molecule has 0 saturated carbocycles. The van der Waals surface area contributed by atoms with Crippen LogP contribution in [0.2, 0.25) is 5.02 Å². The summed E-state index contributed by atoms with van der Waals surface area (Å²) >= 11 is 5.39. The Labute approximate surface area is 82.2 Å². The number of hydrogen-bond acceptors (Lipinski definition) is 1. The molecule has 0 aliphatic heterocycles. The molecule has 0 heterocycles. The second-order valence-electron chi connectivity index (χ2n) is 2.53. The van der Waals surface area contributed by atoms with Gasteiger partial charge in [-0.3, -0.25) is 0 Å². The zero-order chi connectivity index (χ0) is 10.9. The number of alkyl halides is 3. The van der Waals surface area contributed by atoms with Crippen LogP contribution in [0.15, 0.2) is 12.1 Å². The molecule has 0 bridgehead atoms. The van der Waals surface area contributed by atoms with Gasteiger partial charge in [0.1, 0.15) is 11.6 Å². The van der Waals surface area contributed by atoms with Gasteiger partial charge in [-0.05, 0) is 19.1 Å². The maximum absolute atomic E-state index is 12.7. The van der Waals surface area contributed by atoms with E-state index < -0.39 is 17.9 Å². The topological polar surface area (TPSA) is 9.23 Å². The van der Waals surface area contributed by atoms with Gasteiger partial charge in [0.15, 0.2) is 0 Å². The maximum atomic E-state index is 12.7. The lowest BCUT2D eigenvalue weighted by Crippen LogP contribution is -2.17. The molecule has 1 nitrogen and oxygen atoms in total. The zero-order valence-corrected chi connectivity index (χ0v) is 7.71. The monoisotopic (exact) mass is 228 g/mol. The summed E-state index contributed by atoms with van der Waals surface area (Å²) < 4.78 is 51.7. The molecule has 6 heteroatoms. The second kappa shape index (κ2) is 3.65. The zero-order valence-electron chi connectivity index (χ0n) is 6.95. The lowest BCUT2D eigenvalue weighted by Gasteiger charge is -2.12. The van der Waals surface area contributed by atoms with E-state index in [1.807, 2.05) is 0 Å². The molecule has 0 radical (unpaired) electrons. The molecule has 14 heavy (non-hydrogen) atoms. The third kappa shape index (κ3) is 2.51. The van der Waals surface area contributed by atoms with Crippen LogP contribution in [0.4, 0.5) is 17.6 Å². The van der Waals surface area contributed by atoms with E-state index in [1.165, 1.54) is 6.92 Å². The normalized spacial score (nSPS) is 11.6. The highest BCUT2D eigenvalue weighted by Crippen LogP contribution is 2.31. The van der Waals surface area contributed by atoms with Crippen LogP contribution in [0.1, 0.15) is 5.56 Å². The van der Waals surface area contributed by atoms with E-state index in [9.17, 15) is 17.6 Å². The third-order valence-electron chi connectivity index (χ3n) is 1.52. The largest absolute Gasteiger partial charge is 0.573 e. The van der Waals surface area contributed by atoms with Crippen molar-refractivity contribution in [2.45, 2.75) is 13.3 Å². The minimum atomic E-state index is -4.80. The fourth-order valence-corrected chi connectivity index (χ4v) is 1.03. The predicted molar refractivity (Wildman–Crippen MR) is 42.8 cm³/mol. The highest BCUT2D eigenvalue weighted by molar-refractivity contribution is 6.31. The molecule has 0 spiro atoms. The van der Waals surface area contributed by atoms with Gasteiger partial charge >= 0.3 is 6.36 Å². The van der Waals surface area contributed by atoms with Crippen LogP contribution in [0, 0.1) is 12.7 Å². The molecule has 0 atom stereocenters. The third-order valence-corrected chi connectivity index (χ3v) is 1.98. The standard InChI is InChI=1S/C8H5ClF4O/c1-4-6(14-8(11,12)13)3-2-5(10)7(4)9/h2-3H,1H3. The van der Waals surface area contributed by atoms with Crippen LogP contribution in [0.5, 0.6) is 5.75 Å². The fourth-order valence-electron chi connectivity index (χ4n) is 0.870. The Morgan fingerprint density at radius 1 is 1.29 bits per heavy atom. The summed E-state index contributed by atoms with van der Waals surface area (Å²) in [5, 5.41) is -0.369. The van der Waals surface area contributed by atoms with Crippen molar-refractivity contribution in [1.82, 2.24) is 0 Å². The van der Waals surface area contributed by atoms with Crippen molar-refractivity contribution in [3.05, 3.63) is 28.5 Å². The van der Waals surface area contributed by atoms with E-state index in [2.05, 4.69) is 4.74 Å². The van der Waals surface area contributed by atoms with E-state index in [4.69, 9.17) is 11.6 Å². The SMILES string of the molecule is Cc1c(OC(F)(F)F)ccc(F)c1Cl. The van der Waals surface area contributed by atoms with Crippen LogP contribution in [-0.2, 0) is 0 Å². The molecular formula is C8H5ClF4O. The number of benzene rings is 1. The van der Waals surface area contributed by atoms with Crippen molar-refractivity contribution in [3.63, 3.8) is 0 Å². The van der Waals surface area contributed by atoms with Gasteiger partial charge in [-0.15, -0.1) is 13.2 Å². The summed E-state index contributed by atoms with van der Waals surface area (Å²) in [7, 11) is 0. The van der Waals surface area contributed by atoms with Crippen molar-refractivity contribution in [1.29, 1.82) is 0 Å². The van der Waals surface area contributed by atoms with E-state index in [-0.39, 0.29) is 10.6 Å². The Morgan fingerprint density at radius 3 is 2.36 bits per heavy atom. The fraction of sp³-hybridized carbons (Fsp3) is 0.250. The van der Waals surface area contributed by atoms with Crippen LogP contribution >= 0.6 is 11.6 Å². The first kappa shape index (κ1) is 11.1. The summed E-state index contributed by atoms with van der Waals surface area (Å²) in [6.07, 6.45) is -4.80. The molecule has 0 aliphatic carbocycles. The van der Waals surface area contributed by atoms with Gasteiger partial charge in [-0.25, -0.2) is 4.39 Å². The summed E-state index contributed by atoms with van der Waals surface area (Å²) in [5.74, 6) is -1.28. The summed E-state index contributed by atoms with van der Waals surface area (Å²) in [5.41, 5.74) is -0.0796. The Bertz CT molecular complexity index is 348. The average Bonchev–Trinajstić information content (AvgIpc) is 2.04. The molecule has 0 aromatic heterocycles. The predicted octanol–water partition coefficient (Wildman–Crippen LogP) is 3.69. The lowest BCUT2D eigenvalue weighted by atomic mass is 10.2. The summed E-state index contributed by atoms with van der Waals surface area (Å²) in [6.45, 7) is 1.24. The first-order valence-electron chi connectivity index (χ1n) is 3.51. The van der Waals surface area contributed by atoms with Crippen LogP contribution in [-0.4, -0.2) is 6.36 Å². The maximum Gasteiger partial charge on any atom is 0.573 e. The lowest BCUT2D eigenvalue weighted by molar-refractivity contribution is -0.274. The van der Waals surface area contributed by atoms with Crippen LogP contribution < -0.4 is 4.74 Å². The average molecular weight is 229 g/mol. The number of rotatable bonds is 1. The first-order chi connectivity index (χ1) is 6.31. The first-order valence-corrected chi connectivity index (χ1v) is 3.89. The van der Waals surface area contributed by atoms with Crippen LogP contribution in [0.3, 0.4) is 0 Å². The van der Waals surface area contributed by atoms with Gasteiger partial charge in [0, 0.05) is 5.56 Å². The molecule has 1 rings (SSSR count). The molecule has 1 aromatic carbocycles. The number of hydrogen-bond donors (Lipinski definition) is 0. The quantitative estimate of drug-likeness (QED) is 0.666. The van der Waals surface area contributed by atoms with Crippen molar-refractivity contribution >= 4 is 11.6 Å². The van der Waals surface area contributed by atoms with E-state index >= 15 is 0 Å². The van der Waals surface area contributed by atoms with Gasteiger partial charge in [-0.2, -0.15) is 0 Å². The molecule has 0 fully saturated rings. The molecule has 0 saturated heterocycles.